The standard InChI is InChI=1S/C44H48N2O2/c45-35-3-1-5-39(17-35)47-37-11-7-33(8-12-37)41-19-29-15-30(20-41)24-43(23-29,27-41)44-25-31-16-32(26-44)22-42(21-31,28-44)34-9-13-38(14-10-34)48-40-6-2-4-36(46)18-40/h1-14,17-18,29-32H,15-16,19-28,45-46H2/t29-,30+,31-,32+,41?,42?,43?,44?. The van der Waals surface area contributed by atoms with Gasteiger partial charge in [-0.2, -0.15) is 0 Å². The lowest BCUT2D eigenvalue weighted by Crippen LogP contribution is -2.66. The molecule has 0 aliphatic heterocycles. The van der Waals surface area contributed by atoms with Crippen molar-refractivity contribution in [1.29, 1.82) is 0 Å². The second-order valence-electron chi connectivity index (χ2n) is 17.4. The zero-order valence-electron chi connectivity index (χ0n) is 28.0. The number of hydrogen-bond donors (Lipinski definition) is 2. The lowest BCUT2D eigenvalue weighted by atomic mass is 9.30. The minimum absolute atomic E-state index is 0.316. The van der Waals surface area contributed by atoms with Crippen LogP contribution < -0.4 is 20.9 Å². The first kappa shape index (κ1) is 29.0. The van der Waals surface area contributed by atoms with E-state index in [-0.39, 0.29) is 0 Å². The van der Waals surface area contributed by atoms with Gasteiger partial charge in [-0.25, -0.2) is 0 Å². The summed E-state index contributed by atoms with van der Waals surface area (Å²) in [6.45, 7) is 0. The molecule has 0 saturated heterocycles. The van der Waals surface area contributed by atoms with Gasteiger partial charge in [0, 0.05) is 23.5 Å². The summed E-state index contributed by atoms with van der Waals surface area (Å²) in [7, 11) is 0. The summed E-state index contributed by atoms with van der Waals surface area (Å²) in [5.41, 5.74) is 18.2. The van der Waals surface area contributed by atoms with Crippen LogP contribution in [-0.2, 0) is 10.8 Å². The van der Waals surface area contributed by atoms with Crippen LogP contribution >= 0.6 is 0 Å². The van der Waals surface area contributed by atoms with E-state index >= 15 is 0 Å². The van der Waals surface area contributed by atoms with E-state index in [1.54, 1.807) is 11.1 Å². The molecular weight excluding hydrogens is 588 g/mol. The summed E-state index contributed by atoms with van der Waals surface area (Å²) in [6.07, 6.45) is 17.1. The third kappa shape index (κ3) is 4.54. The van der Waals surface area contributed by atoms with Gasteiger partial charge in [-0.15, -0.1) is 0 Å². The molecule has 4 nitrogen and oxygen atoms in total. The minimum Gasteiger partial charge on any atom is -0.457 e. The fraction of sp³-hybridized carbons (Fsp3) is 0.455. The molecule has 0 radical (unpaired) electrons. The van der Waals surface area contributed by atoms with Crippen LogP contribution in [0.3, 0.4) is 0 Å². The summed E-state index contributed by atoms with van der Waals surface area (Å²) in [5, 5.41) is 0. The minimum atomic E-state index is 0.316. The number of benzene rings is 4. The number of hydrogen-bond acceptors (Lipinski definition) is 4. The van der Waals surface area contributed by atoms with Crippen molar-refractivity contribution >= 4 is 11.4 Å². The lowest BCUT2D eigenvalue weighted by Gasteiger charge is -2.74. The summed E-state index contributed by atoms with van der Waals surface area (Å²) >= 11 is 0. The molecule has 8 fully saturated rings. The molecule has 48 heavy (non-hydrogen) atoms. The third-order valence-electron chi connectivity index (χ3n) is 14.4. The van der Waals surface area contributed by atoms with Crippen molar-refractivity contribution in [2.45, 2.75) is 87.9 Å². The SMILES string of the molecule is Nc1cccc(Oc2ccc(C34C[C@H]5C[C@@H](C3)CC(C36C[C@@H]7C[C@@H](CC(c8ccc(Oc9cccc(N)c9)cc8)(C7)C3)C6)(C5)C4)cc2)c1. The average molecular weight is 637 g/mol. The molecule has 4 aromatic carbocycles. The molecule has 246 valence electrons. The Morgan fingerprint density at radius 3 is 1.17 bits per heavy atom. The normalized spacial score (nSPS) is 37.1. The van der Waals surface area contributed by atoms with Gasteiger partial charge in [0.1, 0.15) is 23.0 Å². The molecule has 4 N–H and O–H groups in total. The first-order valence-electron chi connectivity index (χ1n) is 18.6. The second kappa shape index (κ2) is 10.3. The molecule has 4 heteroatoms. The molecule has 0 amide bonds. The average Bonchev–Trinajstić information content (AvgIpc) is 3.04. The lowest BCUT2D eigenvalue weighted by molar-refractivity contribution is -0.212. The van der Waals surface area contributed by atoms with Gasteiger partial charge < -0.3 is 20.9 Å². The maximum atomic E-state index is 6.22. The fourth-order valence-electron chi connectivity index (χ4n) is 13.6. The molecule has 8 saturated carbocycles. The Morgan fingerprint density at radius 1 is 0.438 bits per heavy atom. The Bertz CT molecular complexity index is 1700. The van der Waals surface area contributed by atoms with E-state index in [2.05, 4.69) is 48.5 Å². The van der Waals surface area contributed by atoms with Gasteiger partial charge in [-0.1, -0.05) is 36.4 Å². The highest BCUT2D eigenvalue weighted by atomic mass is 16.5. The van der Waals surface area contributed by atoms with E-state index in [4.69, 9.17) is 20.9 Å². The first-order valence-corrected chi connectivity index (χ1v) is 18.6. The van der Waals surface area contributed by atoms with Crippen molar-refractivity contribution in [3.05, 3.63) is 108 Å². The van der Waals surface area contributed by atoms with Crippen LogP contribution in [0.1, 0.15) is 88.2 Å². The van der Waals surface area contributed by atoms with E-state index in [1.807, 2.05) is 48.5 Å². The molecule has 0 heterocycles. The Labute approximate surface area is 285 Å². The van der Waals surface area contributed by atoms with E-state index in [0.717, 1.165) is 58.0 Å². The van der Waals surface area contributed by atoms with Crippen LogP contribution in [-0.4, -0.2) is 0 Å². The van der Waals surface area contributed by atoms with Crippen LogP contribution in [0.15, 0.2) is 97.1 Å². The summed E-state index contributed by atoms with van der Waals surface area (Å²) in [5.74, 6) is 6.91. The Kier molecular flexibility index (Phi) is 6.23. The Balaban J connectivity index is 0.949. The summed E-state index contributed by atoms with van der Waals surface area (Å²) in [4.78, 5) is 0. The molecular formula is C44H48N2O2. The predicted octanol–water partition coefficient (Wildman–Crippen LogP) is 10.8. The summed E-state index contributed by atoms with van der Waals surface area (Å²) < 4.78 is 12.4. The van der Waals surface area contributed by atoms with E-state index in [1.165, 1.54) is 77.0 Å². The quantitative estimate of drug-likeness (QED) is 0.198. The molecule has 8 aliphatic carbocycles. The van der Waals surface area contributed by atoms with E-state index in [9.17, 15) is 0 Å². The van der Waals surface area contributed by atoms with E-state index < -0.39 is 0 Å². The van der Waals surface area contributed by atoms with Crippen molar-refractivity contribution in [3.63, 3.8) is 0 Å². The predicted molar refractivity (Wildman–Crippen MR) is 192 cm³/mol. The van der Waals surface area contributed by atoms with Crippen molar-refractivity contribution in [2.75, 3.05) is 11.5 Å². The van der Waals surface area contributed by atoms with Crippen molar-refractivity contribution in [3.8, 4) is 23.0 Å². The topological polar surface area (TPSA) is 70.5 Å². The Morgan fingerprint density at radius 2 is 0.812 bits per heavy atom. The molecule has 8 atom stereocenters. The summed E-state index contributed by atoms with van der Waals surface area (Å²) in [6, 6.07) is 34.0. The third-order valence-corrected chi connectivity index (χ3v) is 14.4. The van der Waals surface area contributed by atoms with Gasteiger partial charge in [0.15, 0.2) is 0 Å². The fourth-order valence-corrected chi connectivity index (χ4v) is 13.6. The first-order chi connectivity index (χ1) is 23.3. The second-order valence-corrected chi connectivity index (χ2v) is 17.4. The highest BCUT2D eigenvalue weighted by molar-refractivity contribution is 5.47. The van der Waals surface area contributed by atoms with Crippen LogP contribution in [0.5, 0.6) is 23.0 Å². The number of anilines is 2. The van der Waals surface area contributed by atoms with Crippen LogP contribution in [0.4, 0.5) is 11.4 Å². The molecule has 8 bridgehead atoms. The van der Waals surface area contributed by atoms with Gasteiger partial charge in [0.25, 0.3) is 0 Å². The van der Waals surface area contributed by atoms with Crippen LogP contribution in [0.2, 0.25) is 0 Å². The number of rotatable bonds is 7. The van der Waals surface area contributed by atoms with Gasteiger partial charge >= 0.3 is 0 Å². The zero-order chi connectivity index (χ0) is 32.1. The molecule has 0 aromatic heterocycles. The highest BCUT2D eigenvalue weighted by Gasteiger charge is 2.70. The van der Waals surface area contributed by atoms with Gasteiger partial charge in [0.05, 0.1) is 0 Å². The highest BCUT2D eigenvalue weighted by Crippen LogP contribution is 2.78. The zero-order valence-corrected chi connectivity index (χ0v) is 28.0. The van der Waals surface area contributed by atoms with Gasteiger partial charge in [0.2, 0.25) is 0 Å². The monoisotopic (exact) mass is 636 g/mol. The molecule has 0 spiro atoms. The smallest absolute Gasteiger partial charge is 0.129 e. The van der Waals surface area contributed by atoms with Gasteiger partial charge in [-0.3, -0.25) is 0 Å². The largest absolute Gasteiger partial charge is 0.457 e. The maximum Gasteiger partial charge on any atom is 0.129 e. The van der Waals surface area contributed by atoms with Crippen LogP contribution in [0, 0.1) is 34.5 Å². The van der Waals surface area contributed by atoms with E-state index in [0.29, 0.717) is 21.7 Å². The maximum absolute atomic E-state index is 6.22. The van der Waals surface area contributed by atoms with Gasteiger partial charge in [-0.05, 0) is 182 Å². The van der Waals surface area contributed by atoms with Crippen molar-refractivity contribution in [2.24, 2.45) is 34.5 Å². The number of ether oxygens (including phenoxy) is 2. The Hall–Kier alpha value is -3.92. The molecule has 8 aliphatic rings. The molecule has 4 unspecified atom stereocenters. The molecule has 12 rings (SSSR count). The van der Waals surface area contributed by atoms with Crippen molar-refractivity contribution < 1.29 is 9.47 Å². The van der Waals surface area contributed by atoms with Crippen molar-refractivity contribution in [1.82, 2.24) is 0 Å². The van der Waals surface area contributed by atoms with Crippen LogP contribution in [0.25, 0.3) is 0 Å². The molecule has 4 aromatic rings. The number of nitrogen functional groups attached to an aromatic ring is 2. The number of nitrogens with two attached hydrogens (primary N) is 2.